The van der Waals surface area contributed by atoms with Gasteiger partial charge < -0.3 is 9.47 Å². The Bertz CT molecular complexity index is 1100. The third-order valence-electron chi connectivity index (χ3n) is 4.34. The molecular formula is C22H17NO3S. The molecule has 0 spiro atoms. The Morgan fingerprint density at radius 1 is 0.889 bits per heavy atom. The largest absolute Gasteiger partial charge is 0.493 e. The number of carbonyl (C=O) groups is 1. The molecule has 0 bridgehead atoms. The minimum absolute atomic E-state index is 0.0780. The predicted molar refractivity (Wildman–Crippen MR) is 108 cm³/mol. The molecule has 0 atom stereocenters. The fourth-order valence-electron chi connectivity index (χ4n) is 2.99. The third-order valence-corrected chi connectivity index (χ3v) is 5.41. The number of para-hydroxylation sites is 1. The van der Waals surface area contributed by atoms with E-state index in [1.165, 1.54) is 0 Å². The van der Waals surface area contributed by atoms with Crippen LogP contribution in [0.5, 0.6) is 11.5 Å². The smallest absolute Gasteiger partial charge is 0.193 e. The summed E-state index contributed by atoms with van der Waals surface area (Å²) in [5.74, 6) is 1.04. The Hall–Kier alpha value is -3.18. The first-order chi connectivity index (χ1) is 13.2. The van der Waals surface area contributed by atoms with Crippen LogP contribution in [-0.4, -0.2) is 25.0 Å². The molecule has 4 aromatic rings. The monoisotopic (exact) mass is 375 g/mol. The maximum absolute atomic E-state index is 13.2. The van der Waals surface area contributed by atoms with E-state index in [0.29, 0.717) is 22.6 Å². The van der Waals surface area contributed by atoms with Gasteiger partial charge in [0, 0.05) is 16.7 Å². The van der Waals surface area contributed by atoms with Crippen LogP contribution in [0.3, 0.4) is 0 Å². The number of hydrogen-bond acceptors (Lipinski definition) is 5. The fourth-order valence-corrected chi connectivity index (χ4v) is 3.99. The molecule has 0 saturated carbocycles. The molecule has 1 aromatic heterocycles. The molecule has 3 aromatic carbocycles. The summed E-state index contributed by atoms with van der Waals surface area (Å²) in [6.45, 7) is 0. The lowest BCUT2D eigenvalue weighted by Crippen LogP contribution is -2.04. The summed E-state index contributed by atoms with van der Waals surface area (Å²) in [6, 6.07) is 20.7. The number of methoxy groups -OCH3 is 2. The Kier molecular flexibility index (Phi) is 4.60. The molecule has 0 unspecified atom stereocenters. The van der Waals surface area contributed by atoms with Crippen molar-refractivity contribution >= 4 is 27.3 Å². The molecule has 0 aliphatic rings. The normalized spacial score (nSPS) is 10.7. The summed E-state index contributed by atoms with van der Waals surface area (Å²) in [7, 11) is 3.13. The van der Waals surface area contributed by atoms with Crippen molar-refractivity contribution < 1.29 is 14.3 Å². The van der Waals surface area contributed by atoms with E-state index in [4.69, 9.17) is 14.5 Å². The van der Waals surface area contributed by atoms with Crippen LogP contribution < -0.4 is 9.47 Å². The number of rotatable bonds is 5. The molecule has 0 aliphatic heterocycles. The van der Waals surface area contributed by atoms with Gasteiger partial charge in [-0.15, -0.1) is 11.3 Å². The first-order valence-corrected chi connectivity index (χ1v) is 9.24. The number of aromatic nitrogens is 1. The molecule has 0 aliphatic carbocycles. The lowest BCUT2D eigenvalue weighted by molar-refractivity contribution is 0.103. The van der Waals surface area contributed by atoms with Crippen LogP contribution in [0.4, 0.5) is 0 Å². The molecule has 134 valence electrons. The molecule has 0 saturated heterocycles. The highest BCUT2D eigenvalue weighted by molar-refractivity contribution is 7.21. The molecule has 1 heterocycles. The van der Waals surface area contributed by atoms with E-state index >= 15 is 0 Å². The quantitative estimate of drug-likeness (QED) is 0.449. The Morgan fingerprint density at radius 3 is 2.41 bits per heavy atom. The lowest BCUT2D eigenvalue weighted by Gasteiger charge is -2.10. The summed E-state index contributed by atoms with van der Waals surface area (Å²) in [5, 5.41) is 0.834. The fraction of sp³-hybridized carbons (Fsp3) is 0.0909. The topological polar surface area (TPSA) is 48.4 Å². The number of hydrogen-bond donors (Lipinski definition) is 0. The molecule has 4 rings (SSSR count). The molecule has 0 amide bonds. The second-order valence-electron chi connectivity index (χ2n) is 5.93. The highest BCUT2D eigenvalue weighted by Gasteiger charge is 2.18. The number of ketones is 1. The van der Waals surface area contributed by atoms with Crippen LogP contribution >= 0.6 is 11.3 Å². The number of carbonyl (C=O) groups excluding carboxylic acids is 1. The number of fused-ring (bicyclic) bond motifs is 1. The van der Waals surface area contributed by atoms with E-state index in [2.05, 4.69) is 0 Å². The molecule has 0 radical (unpaired) electrons. The van der Waals surface area contributed by atoms with E-state index in [1.807, 2.05) is 48.5 Å². The second kappa shape index (κ2) is 7.21. The molecule has 0 fully saturated rings. The van der Waals surface area contributed by atoms with E-state index in [0.717, 1.165) is 20.8 Å². The third kappa shape index (κ3) is 3.17. The van der Waals surface area contributed by atoms with Crippen LogP contribution in [0, 0.1) is 0 Å². The summed E-state index contributed by atoms with van der Waals surface area (Å²) >= 11 is 1.58. The molecule has 0 N–H and O–H groups in total. The molecule has 27 heavy (non-hydrogen) atoms. The zero-order valence-corrected chi connectivity index (χ0v) is 15.7. The van der Waals surface area contributed by atoms with Crippen LogP contribution in [0.1, 0.15) is 15.9 Å². The van der Waals surface area contributed by atoms with Crippen molar-refractivity contribution in [1.29, 1.82) is 0 Å². The van der Waals surface area contributed by atoms with Crippen molar-refractivity contribution in [2.24, 2.45) is 0 Å². The highest BCUT2D eigenvalue weighted by atomic mass is 32.1. The van der Waals surface area contributed by atoms with Gasteiger partial charge in [-0.25, -0.2) is 4.98 Å². The number of thiazole rings is 1. The minimum atomic E-state index is -0.0780. The van der Waals surface area contributed by atoms with Gasteiger partial charge in [0.05, 0.1) is 24.4 Å². The molecular weight excluding hydrogens is 358 g/mol. The van der Waals surface area contributed by atoms with E-state index in [9.17, 15) is 4.79 Å². The van der Waals surface area contributed by atoms with E-state index in [-0.39, 0.29) is 5.78 Å². The summed E-state index contributed by atoms with van der Waals surface area (Å²) in [5.41, 5.74) is 2.93. The predicted octanol–water partition coefficient (Wildman–Crippen LogP) is 5.21. The van der Waals surface area contributed by atoms with Crippen molar-refractivity contribution in [2.45, 2.75) is 0 Å². The maximum Gasteiger partial charge on any atom is 0.193 e. The lowest BCUT2D eigenvalue weighted by atomic mass is 9.98. The summed E-state index contributed by atoms with van der Waals surface area (Å²) < 4.78 is 11.7. The van der Waals surface area contributed by atoms with E-state index in [1.54, 1.807) is 43.8 Å². The van der Waals surface area contributed by atoms with Crippen molar-refractivity contribution in [2.75, 3.05) is 14.2 Å². The number of benzene rings is 3. The second-order valence-corrected chi connectivity index (χ2v) is 6.96. The van der Waals surface area contributed by atoms with Crippen LogP contribution in [0.15, 0.2) is 66.7 Å². The van der Waals surface area contributed by atoms with Gasteiger partial charge in [-0.05, 0) is 30.3 Å². The standard InChI is InChI=1S/C22H17NO3S/c1-25-18-12-11-14(13-19(18)26-2)21(24)15-7-3-4-8-16(15)22-23-17-9-5-6-10-20(17)27-22/h3-13H,1-2H3. The number of nitrogens with zero attached hydrogens (tertiary/aromatic N) is 1. The van der Waals surface area contributed by atoms with Gasteiger partial charge in [-0.3, -0.25) is 4.79 Å². The number of ether oxygens (including phenoxy) is 2. The van der Waals surface area contributed by atoms with Crippen LogP contribution in [0.2, 0.25) is 0 Å². The molecule has 5 heteroatoms. The van der Waals surface area contributed by atoms with Gasteiger partial charge in [0.2, 0.25) is 0 Å². The van der Waals surface area contributed by atoms with Gasteiger partial charge in [0.15, 0.2) is 17.3 Å². The van der Waals surface area contributed by atoms with E-state index < -0.39 is 0 Å². The zero-order valence-electron chi connectivity index (χ0n) is 14.9. The van der Waals surface area contributed by atoms with Crippen molar-refractivity contribution in [3.8, 4) is 22.1 Å². The van der Waals surface area contributed by atoms with Crippen molar-refractivity contribution in [1.82, 2.24) is 4.98 Å². The first kappa shape index (κ1) is 17.2. The van der Waals surface area contributed by atoms with Crippen molar-refractivity contribution in [3.63, 3.8) is 0 Å². The average molecular weight is 375 g/mol. The van der Waals surface area contributed by atoms with Gasteiger partial charge in [0.25, 0.3) is 0 Å². The molecule has 4 nitrogen and oxygen atoms in total. The summed E-state index contributed by atoms with van der Waals surface area (Å²) in [4.78, 5) is 17.9. The highest BCUT2D eigenvalue weighted by Crippen LogP contribution is 2.34. The van der Waals surface area contributed by atoms with Crippen LogP contribution in [-0.2, 0) is 0 Å². The maximum atomic E-state index is 13.2. The SMILES string of the molecule is COc1ccc(C(=O)c2ccccc2-c2nc3ccccc3s2)cc1OC. The Labute approximate surface area is 161 Å². The van der Waals surface area contributed by atoms with Gasteiger partial charge in [-0.2, -0.15) is 0 Å². The summed E-state index contributed by atoms with van der Waals surface area (Å²) in [6.07, 6.45) is 0. The minimum Gasteiger partial charge on any atom is -0.493 e. The zero-order chi connectivity index (χ0) is 18.8. The van der Waals surface area contributed by atoms with Gasteiger partial charge in [0.1, 0.15) is 5.01 Å². The van der Waals surface area contributed by atoms with Gasteiger partial charge in [-0.1, -0.05) is 36.4 Å². The van der Waals surface area contributed by atoms with Crippen molar-refractivity contribution in [3.05, 3.63) is 77.9 Å². The van der Waals surface area contributed by atoms with Gasteiger partial charge >= 0.3 is 0 Å². The average Bonchev–Trinajstić information content (AvgIpc) is 3.16. The Morgan fingerprint density at radius 2 is 1.63 bits per heavy atom. The Balaban J connectivity index is 1.80. The first-order valence-electron chi connectivity index (χ1n) is 8.43. The van der Waals surface area contributed by atoms with Crippen LogP contribution in [0.25, 0.3) is 20.8 Å².